The molecule has 5 heteroatoms. The molecule has 0 aliphatic rings. The van der Waals surface area contributed by atoms with E-state index in [1.54, 1.807) is 30.1 Å². The Labute approximate surface area is 87.6 Å². The highest BCUT2D eigenvalue weighted by atomic mass is 19.1. The van der Waals surface area contributed by atoms with Crippen molar-refractivity contribution in [2.45, 2.75) is 6.54 Å². The third-order valence-corrected chi connectivity index (χ3v) is 2.04. The molecule has 0 unspecified atom stereocenters. The van der Waals surface area contributed by atoms with Crippen LogP contribution in [0.3, 0.4) is 0 Å². The molecule has 0 saturated heterocycles. The molecule has 1 aromatic heterocycles. The summed E-state index contributed by atoms with van der Waals surface area (Å²) in [7, 11) is 1.56. The number of carbonyl (C=O) groups excluding carboxylic acids is 1. The molecular formula is C10H14FN3O. The van der Waals surface area contributed by atoms with E-state index in [4.69, 9.17) is 5.73 Å². The quantitative estimate of drug-likeness (QED) is 0.768. The fourth-order valence-electron chi connectivity index (χ4n) is 1.20. The molecular weight excluding hydrogens is 197 g/mol. The third-order valence-electron chi connectivity index (χ3n) is 2.04. The number of nitrogens with two attached hydrogens (primary N) is 1. The van der Waals surface area contributed by atoms with E-state index in [2.05, 4.69) is 5.32 Å². The number of rotatable bonds is 4. The lowest BCUT2D eigenvalue weighted by molar-refractivity contribution is 0.0963. The number of hydrogen-bond acceptors (Lipinski definition) is 2. The molecule has 0 aliphatic heterocycles. The van der Waals surface area contributed by atoms with Crippen molar-refractivity contribution in [3.8, 4) is 0 Å². The molecule has 0 bridgehead atoms. The van der Waals surface area contributed by atoms with Crippen LogP contribution < -0.4 is 11.1 Å². The van der Waals surface area contributed by atoms with Gasteiger partial charge in [-0.3, -0.25) is 4.79 Å². The molecule has 0 spiro atoms. The third kappa shape index (κ3) is 2.92. The number of nitrogens with zero attached hydrogens (tertiary/aromatic N) is 1. The highest BCUT2D eigenvalue weighted by Crippen LogP contribution is 2.04. The van der Waals surface area contributed by atoms with Crippen LogP contribution in [0.1, 0.15) is 10.4 Å². The number of halogens is 1. The van der Waals surface area contributed by atoms with Crippen molar-refractivity contribution in [2.75, 3.05) is 13.6 Å². The van der Waals surface area contributed by atoms with E-state index in [0.717, 1.165) is 0 Å². The lowest BCUT2D eigenvalue weighted by atomic mass is 10.3. The van der Waals surface area contributed by atoms with Gasteiger partial charge in [-0.1, -0.05) is 0 Å². The van der Waals surface area contributed by atoms with E-state index in [9.17, 15) is 9.18 Å². The highest BCUT2D eigenvalue weighted by Gasteiger charge is 2.05. The molecule has 1 amide bonds. The number of hydrogen-bond donors (Lipinski definition) is 2. The van der Waals surface area contributed by atoms with Gasteiger partial charge in [0.05, 0.1) is 11.9 Å². The summed E-state index contributed by atoms with van der Waals surface area (Å²) >= 11 is 0. The normalized spacial score (nSPS) is 11.5. The Balaban J connectivity index is 2.72. The summed E-state index contributed by atoms with van der Waals surface area (Å²) in [4.78, 5) is 11.2. The second-order valence-corrected chi connectivity index (χ2v) is 3.12. The van der Waals surface area contributed by atoms with Gasteiger partial charge in [-0.2, -0.15) is 0 Å². The largest absolute Gasteiger partial charge is 0.355 e. The molecule has 1 aromatic rings. The fraction of sp³-hybridized carbons (Fsp3) is 0.300. The SMILES string of the molecule is CNC(=O)c1ccn(CC(=CF)CN)c1. The maximum atomic E-state index is 12.2. The van der Waals surface area contributed by atoms with Crippen LogP contribution in [0.4, 0.5) is 4.39 Å². The lowest BCUT2D eigenvalue weighted by Crippen LogP contribution is -2.17. The molecule has 0 aromatic carbocycles. The highest BCUT2D eigenvalue weighted by molar-refractivity contribution is 5.93. The number of nitrogens with one attached hydrogen (secondary N) is 1. The first-order valence-electron chi connectivity index (χ1n) is 4.57. The minimum Gasteiger partial charge on any atom is -0.355 e. The van der Waals surface area contributed by atoms with Crippen molar-refractivity contribution in [1.29, 1.82) is 0 Å². The number of amides is 1. The van der Waals surface area contributed by atoms with Crippen molar-refractivity contribution in [3.05, 3.63) is 35.9 Å². The van der Waals surface area contributed by atoms with E-state index in [-0.39, 0.29) is 12.5 Å². The first kappa shape index (κ1) is 11.5. The molecule has 0 radical (unpaired) electrons. The maximum absolute atomic E-state index is 12.2. The van der Waals surface area contributed by atoms with E-state index in [1.807, 2.05) is 0 Å². The second kappa shape index (κ2) is 5.31. The van der Waals surface area contributed by atoms with Gasteiger partial charge in [0, 0.05) is 32.5 Å². The van der Waals surface area contributed by atoms with Gasteiger partial charge in [-0.05, 0) is 11.6 Å². The predicted molar refractivity (Wildman–Crippen MR) is 56.1 cm³/mol. The topological polar surface area (TPSA) is 60.0 Å². The molecule has 4 nitrogen and oxygen atoms in total. The van der Waals surface area contributed by atoms with Crippen molar-refractivity contribution >= 4 is 5.91 Å². The molecule has 3 N–H and O–H groups in total. The number of aromatic nitrogens is 1. The monoisotopic (exact) mass is 211 g/mol. The Morgan fingerprint density at radius 2 is 2.47 bits per heavy atom. The van der Waals surface area contributed by atoms with Crippen molar-refractivity contribution < 1.29 is 9.18 Å². The minimum absolute atomic E-state index is 0.160. The molecule has 0 saturated carbocycles. The van der Waals surface area contributed by atoms with Gasteiger partial charge < -0.3 is 15.6 Å². The summed E-state index contributed by atoms with van der Waals surface area (Å²) in [6.07, 6.45) is 3.86. The zero-order chi connectivity index (χ0) is 11.3. The molecule has 15 heavy (non-hydrogen) atoms. The van der Waals surface area contributed by atoms with Crippen LogP contribution in [0.2, 0.25) is 0 Å². The molecule has 0 fully saturated rings. The Bertz CT molecular complexity index is 370. The number of carbonyl (C=O) groups is 1. The summed E-state index contributed by atoms with van der Waals surface area (Å²) in [6, 6.07) is 1.67. The standard InChI is InChI=1S/C10H14FN3O/c1-13-10(15)9-2-3-14(7-9)6-8(4-11)5-12/h2-4,7H,5-6,12H2,1H3,(H,13,15). The summed E-state index contributed by atoms with van der Waals surface area (Å²) < 4.78 is 14.0. The molecule has 82 valence electrons. The van der Waals surface area contributed by atoms with Crippen LogP contribution in [0.15, 0.2) is 30.4 Å². The van der Waals surface area contributed by atoms with Crippen LogP contribution in [-0.4, -0.2) is 24.1 Å². The van der Waals surface area contributed by atoms with Crippen molar-refractivity contribution in [2.24, 2.45) is 5.73 Å². The van der Waals surface area contributed by atoms with E-state index in [1.165, 1.54) is 0 Å². The molecule has 0 aliphatic carbocycles. The molecule has 0 atom stereocenters. The second-order valence-electron chi connectivity index (χ2n) is 3.12. The average Bonchev–Trinajstić information content (AvgIpc) is 2.73. The van der Waals surface area contributed by atoms with Gasteiger partial charge in [-0.25, -0.2) is 4.39 Å². The van der Waals surface area contributed by atoms with Crippen LogP contribution in [0.5, 0.6) is 0 Å². The van der Waals surface area contributed by atoms with Crippen molar-refractivity contribution in [3.63, 3.8) is 0 Å². The molecule has 1 rings (SSSR count). The van der Waals surface area contributed by atoms with Gasteiger partial charge in [0.1, 0.15) is 0 Å². The zero-order valence-corrected chi connectivity index (χ0v) is 8.53. The first-order valence-corrected chi connectivity index (χ1v) is 4.57. The fourth-order valence-corrected chi connectivity index (χ4v) is 1.20. The first-order chi connectivity index (χ1) is 7.21. The van der Waals surface area contributed by atoms with E-state index >= 15 is 0 Å². The summed E-state index contributed by atoms with van der Waals surface area (Å²) in [6.45, 7) is 0.536. The predicted octanol–water partition coefficient (Wildman–Crippen LogP) is 0.660. The smallest absolute Gasteiger partial charge is 0.252 e. The zero-order valence-electron chi connectivity index (χ0n) is 8.53. The Morgan fingerprint density at radius 3 is 3.00 bits per heavy atom. The Kier molecular flexibility index (Phi) is 4.05. The molecule has 1 heterocycles. The van der Waals surface area contributed by atoms with E-state index in [0.29, 0.717) is 24.0 Å². The Hall–Kier alpha value is -1.62. The van der Waals surface area contributed by atoms with Gasteiger partial charge in [0.25, 0.3) is 5.91 Å². The van der Waals surface area contributed by atoms with Gasteiger partial charge in [0.15, 0.2) is 0 Å². The van der Waals surface area contributed by atoms with Crippen LogP contribution in [-0.2, 0) is 6.54 Å². The maximum Gasteiger partial charge on any atom is 0.252 e. The van der Waals surface area contributed by atoms with E-state index < -0.39 is 0 Å². The minimum atomic E-state index is -0.160. The van der Waals surface area contributed by atoms with Crippen LogP contribution in [0, 0.1) is 0 Å². The van der Waals surface area contributed by atoms with Crippen LogP contribution in [0.25, 0.3) is 0 Å². The lowest BCUT2D eigenvalue weighted by Gasteiger charge is -2.03. The van der Waals surface area contributed by atoms with Gasteiger partial charge >= 0.3 is 0 Å². The summed E-state index contributed by atoms with van der Waals surface area (Å²) in [5, 5.41) is 2.51. The van der Waals surface area contributed by atoms with Gasteiger partial charge in [-0.15, -0.1) is 0 Å². The van der Waals surface area contributed by atoms with Crippen molar-refractivity contribution in [1.82, 2.24) is 9.88 Å². The van der Waals surface area contributed by atoms with Crippen LogP contribution >= 0.6 is 0 Å². The summed E-state index contributed by atoms with van der Waals surface area (Å²) in [5.41, 5.74) is 6.35. The summed E-state index contributed by atoms with van der Waals surface area (Å²) in [5.74, 6) is -0.160. The average molecular weight is 211 g/mol. The van der Waals surface area contributed by atoms with Gasteiger partial charge in [0.2, 0.25) is 0 Å². The Morgan fingerprint density at radius 1 is 1.73 bits per heavy atom.